The molecule has 0 radical (unpaired) electrons. The minimum Gasteiger partial charge on any atom is -0.497 e. The van der Waals surface area contributed by atoms with Crippen LogP contribution in [0.2, 0.25) is 0 Å². The molecule has 0 aromatic heterocycles. The fraction of sp³-hybridized carbons (Fsp3) is 0.171. The number of fused-ring (bicyclic) bond motifs is 7. The zero-order chi connectivity index (χ0) is 29.3. The summed E-state index contributed by atoms with van der Waals surface area (Å²) in [5.41, 5.74) is 2.35. The van der Waals surface area contributed by atoms with Crippen molar-refractivity contribution in [2.24, 2.45) is 5.92 Å². The molecule has 8 heteroatoms. The third kappa shape index (κ3) is 3.46. The van der Waals surface area contributed by atoms with Crippen molar-refractivity contribution in [3.63, 3.8) is 0 Å². The van der Waals surface area contributed by atoms with Gasteiger partial charge in [0.05, 0.1) is 19.1 Å². The van der Waals surface area contributed by atoms with Gasteiger partial charge >= 0.3 is 0 Å². The van der Waals surface area contributed by atoms with Crippen LogP contribution in [0.5, 0.6) is 17.2 Å². The number of benzene rings is 4. The summed E-state index contributed by atoms with van der Waals surface area (Å²) in [5.74, 6) is -0.484. The highest BCUT2D eigenvalue weighted by Crippen LogP contribution is 2.58. The van der Waals surface area contributed by atoms with E-state index in [9.17, 15) is 14.4 Å². The van der Waals surface area contributed by atoms with E-state index in [1.54, 1.807) is 49.6 Å². The van der Waals surface area contributed by atoms with Gasteiger partial charge < -0.3 is 24.4 Å². The summed E-state index contributed by atoms with van der Waals surface area (Å²) in [4.78, 5) is 46.2. The van der Waals surface area contributed by atoms with E-state index in [0.717, 1.165) is 11.3 Å². The SMILES string of the molecule is COc1cccc(C(=O)[C@H]2[C@@H](C(=O)c3ccc4c(c3)OCO4)[C@]3(C(=O)Nc4ccccc43)[C@H]3C=Cc4ccccc4N23)c1. The number of Topliss-reactive ketones (excluding diaryl/α,β-unsaturated/α-hetero) is 2. The molecule has 4 aromatic carbocycles. The Labute approximate surface area is 247 Å². The van der Waals surface area contributed by atoms with Crippen LogP contribution in [-0.4, -0.2) is 43.5 Å². The van der Waals surface area contributed by atoms with Crippen molar-refractivity contribution in [2.75, 3.05) is 24.1 Å². The van der Waals surface area contributed by atoms with Gasteiger partial charge in [-0.1, -0.05) is 60.7 Å². The lowest BCUT2D eigenvalue weighted by atomic mass is 9.64. The second-order valence-corrected chi connectivity index (χ2v) is 11.1. The number of nitrogens with zero attached hydrogens (tertiary/aromatic N) is 1. The van der Waals surface area contributed by atoms with Gasteiger partial charge in [-0.2, -0.15) is 0 Å². The molecule has 43 heavy (non-hydrogen) atoms. The molecule has 1 saturated heterocycles. The van der Waals surface area contributed by atoms with Crippen molar-refractivity contribution in [1.82, 2.24) is 0 Å². The Morgan fingerprint density at radius 2 is 1.67 bits per heavy atom. The van der Waals surface area contributed by atoms with Gasteiger partial charge in [-0.3, -0.25) is 14.4 Å². The van der Waals surface area contributed by atoms with E-state index in [0.29, 0.717) is 39.6 Å². The Balaban J connectivity index is 1.41. The number of ketones is 2. The molecule has 0 bridgehead atoms. The summed E-state index contributed by atoms with van der Waals surface area (Å²) in [6.45, 7) is 0.0600. The van der Waals surface area contributed by atoms with Gasteiger partial charge in [0, 0.05) is 22.5 Å². The summed E-state index contributed by atoms with van der Waals surface area (Å²) in [7, 11) is 1.54. The van der Waals surface area contributed by atoms with E-state index < -0.39 is 23.4 Å². The highest BCUT2D eigenvalue weighted by Gasteiger charge is 2.70. The number of carbonyl (C=O) groups is 3. The van der Waals surface area contributed by atoms with Crippen LogP contribution in [0.4, 0.5) is 11.4 Å². The zero-order valence-electron chi connectivity index (χ0n) is 23.2. The lowest BCUT2D eigenvalue weighted by Gasteiger charge is -2.37. The average molecular weight is 571 g/mol. The molecule has 8 rings (SSSR count). The predicted molar refractivity (Wildman–Crippen MR) is 160 cm³/mol. The average Bonchev–Trinajstić information content (AvgIpc) is 3.73. The van der Waals surface area contributed by atoms with E-state index in [1.165, 1.54) is 0 Å². The van der Waals surface area contributed by atoms with Gasteiger partial charge in [0.1, 0.15) is 17.2 Å². The van der Waals surface area contributed by atoms with Crippen molar-refractivity contribution in [2.45, 2.75) is 17.5 Å². The number of nitrogens with one attached hydrogen (secondary N) is 1. The first-order valence-electron chi connectivity index (χ1n) is 14.1. The number of para-hydroxylation sites is 2. The number of methoxy groups -OCH3 is 1. The first-order valence-corrected chi connectivity index (χ1v) is 14.1. The second-order valence-electron chi connectivity index (χ2n) is 11.1. The van der Waals surface area contributed by atoms with Crippen LogP contribution < -0.4 is 24.4 Å². The van der Waals surface area contributed by atoms with Crippen molar-refractivity contribution >= 4 is 34.9 Å². The molecule has 4 atom stereocenters. The molecule has 1 N–H and O–H groups in total. The van der Waals surface area contributed by atoms with Gasteiger partial charge in [-0.05, 0) is 53.6 Å². The molecule has 1 spiro atoms. The number of ether oxygens (including phenoxy) is 3. The van der Waals surface area contributed by atoms with E-state index in [2.05, 4.69) is 5.32 Å². The maximum absolute atomic E-state index is 15.0. The number of anilines is 2. The molecule has 1 amide bonds. The molecule has 1 fully saturated rings. The normalized spacial score (nSPS) is 23.9. The van der Waals surface area contributed by atoms with Gasteiger partial charge in [0.15, 0.2) is 23.1 Å². The Bertz CT molecular complexity index is 1880. The van der Waals surface area contributed by atoms with Gasteiger partial charge in [0.25, 0.3) is 0 Å². The van der Waals surface area contributed by atoms with Crippen molar-refractivity contribution in [3.05, 3.63) is 119 Å². The van der Waals surface area contributed by atoms with Crippen molar-refractivity contribution in [1.29, 1.82) is 0 Å². The maximum Gasteiger partial charge on any atom is 0.238 e. The highest BCUT2D eigenvalue weighted by atomic mass is 16.7. The number of hydrogen-bond acceptors (Lipinski definition) is 7. The van der Waals surface area contributed by atoms with Gasteiger partial charge in [-0.15, -0.1) is 0 Å². The zero-order valence-corrected chi connectivity index (χ0v) is 23.2. The Hall–Kier alpha value is -5.37. The molecule has 4 aliphatic heterocycles. The Kier molecular flexibility index (Phi) is 5.50. The molecular weight excluding hydrogens is 544 g/mol. The number of rotatable bonds is 5. The van der Waals surface area contributed by atoms with Gasteiger partial charge in [0.2, 0.25) is 12.7 Å². The van der Waals surface area contributed by atoms with E-state index >= 15 is 0 Å². The van der Waals surface area contributed by atoms with Crippen LogP contribution in [0.1, 0.15) is 31.8 Å². The van der Waals surface area contributed by atoms with Crippen LogP contribution in [0.25, 0.3) is 6.08 Å². The molecule has 0 unspecified atom stereocenters. The molecule has 8 nitrogen and oxygen atoms in total. The molecular formula is C35H26N2O6. The van der Waals surface area contributed by atoms with Crippen LogP contribution >= 0.6 is 0 Å². The molecule has 4 heterocycles. The van der Waals surface area contributed by atoms with Crippen molar-refractivity contribution < 1.29 is 28.6 Å². The minimum atomic E-state index is -1.40. The third-order valence-electron chi connectivity index (χ3n) is 9.10. The minimum absolute atomic E-state index is 0.0600. The summed E-state index contributed by atoms with van der Waals surface area (Å²) in [6.07, 6.45) is 3.94. The molecule has 212 valence electrons. The van der Waals surface area contributed by atoms with Gasteiger partial charge in [-0.25, -0.2) is 0 Å². The van der Waals surface area contributed by atoms with E-state index in [4.69, 9.17) is 14.2 Å². The molecule has 4 aliphatic rings. The van der Waals surface area contributed by atoms with Crippen LogP contribution in [-0.2, 0) is 10.2 Å². The number of hydrogen-bond donors (Lipinski definition) is 1. The van der Waals surface area contributed by atoms with Crippen LogP contribution in [0, 0.1) is 5.92 Å². The number of amides is 1. The summed E-state index contributed by atoms with van der Waals surface area (Å²) >= 11 is 0. The fourth-order valence-corrected chi connectivity index (χ4v) is 7.30. The van der Waals surface area contributed by atoms with Crippen molar-refractivity contribution in [3.8, 4) is 17.2 Å². The molecule has 4 aromatic rings. The summed E-state index contributed by atoms with van der Waals surface area (Å²) in [6, 6.07) is 25.5. The second kappa shape index (κ2) is 9.32. The third-order valence-corrected chi connectivity index (χ3v) is 9.10. The monoisotopic (exact) mass is 570 g/mol. The molecule has 0 aliphatic carbocycles. The first-order chi connectivity index (χ1) is 21.0. The van der Waals surface area contributed by atoms with E-state index in [1.807, 2.05) is 65.6 Å². The molecule has 0 saturated carbocycles. The predicted octanol–water partition coefficient (Wildman–Crippen LogP) is 5.28. The smallest absolute Gasteiger partial charge is 0.238 e. The van der Waals surface area contributed by atoms with Crippen LogP contribution in [0.15, 0.2) is 97.1 Å². The van der Waals surface area contributed by atoms with Crippen LogP contribution in [0.3, 0.4) is 0 Å². The van der Waals surface area contributed by atoms with E-state index in [-0.39, 0.29) is 24.3 Å². The summed E-state index contributed by atoms with van der Waals surface area (Å²) in [5, 5.41) is 3.05. The topological polar surface area (TPSA) is 94.2 Å². The largest absolute Gasteiger partial charge is 0.497 e. The lowest BCUT2D eigenvalue weighted by Crippen LogP contribution is -2.51. The fourth-order valence-electron chi connectivity index (χ4n) is 7.30. The maximum atomic E-state index is 15.0. The Morgan fingerprint density at radius 3 is 2.56 bits per heavy atom. The first kappa shape index (κ1) is 25.3. The number of carbonyl (C=O) groups excluding carboxylic acids is 3. The lowest BCUT2D eigenvalue weighted by molar-refractivity contribution is -0.121. The quantitative estimate of drug-likeness (QED) is 0.326. The Morgan fingerprint density at radius 1 is 0.884 bits per heavy atom. The standard InChI is InChI=1S/C35H26N2O6/c1-41-23-9-6-8-21(17-23)33(39)31-30(32(38)22-13-15-27-28(18-22)43-19-42-27)35(24-10-3-4-11-25(24)36-34(35)40)29-16-14-20-7-2-5-12-26(20)37(29)31/h2-18,29-31H,19H2,1H3,(H,36,40)/t29-,30+,31-,35-/m1/s1. The summed E-state index contributed by atoms with van der Waals surface area (Å²) < 4.78 is 16.5. The highest BCUT2D eigenvalue weighted by molar-refractivity contribution is 6.18.